The van der Waals surface area contributed by atoms with Crippen molar-refractivity contribution in [2.45, 2.75) is 52.4 Å². The molecule has 2 aromatic carbocycles. The molecule has 0 saturated heterocycles. The van der Waals surface area contributed by atoms with E-state index in [1.807, 2.05) is 6.07 Å². The fourth-order valence-corrected chi connectivity index (χ4v) is 2.74. The van der Waals surface area contributed by atoms with Crippen LogP contribution in [0.4, 0.5) is 0 Å². The van der Waals surface area contributed by atoms with Gasteiger partial charge in [-0.2, -0.15) is 0 Å². The molecule has 0 bridgehead atoms. The van der Waals surface area contributed by atoms with Crippen molar-refractivity contribution in [2.75, 3.05) is 0 Å². The summed E-state index contributed by atoms with van der Waals surface area (Å²) in [5.74, 6) is 0. The van der Waals surface area contributed by atoms with Gasteiger partial charge in [0.05, 0.1) is 0 Å². The van der Waals surface area contributed by atoms with Gasteiger partial charge < -0.3 is 0 Å². The number of hydrogen-bond acceptors (Lipinski definition) is 1. The zero-order valence-electron chi connectivity index (χ0n) is 12.6. The van der Waals surface area contributed by atoms with Crippen LogP contribution in [-0.2, 0) is 12.8 Å². The van der Waals surface area contributed by atoms with E-state index in [0.717, 1.165) is 37.5 Å². The van der Waals surface area contributed by atoms with Crippen LogP contribution < -0.4 is 0 Å². The predicted octanol–water partition coefficient (Wildman–Crippen LogP) is 5.34. The molecule has 1 nitrogen and oxygen atoms in total. The summed E-state index contributed by atoms with van der Waals surface area (Å²) in [5, 5.41) is 2.53. The van der Waals surface area contributed by atoms with Gasteiger partial charge >= 0.3 is 0 Å². The fourth-order valence-electron chi connectivity index (χ4n) is 2.74. The Morgan fingerprint density at radius 3 is 2.40 bits per heavy atom. The third-order valence-corrected chi connectivity index (χ3v) is 3.96. The maximum Gasteiger partial charge on any atom is 0.150 e. The van der Waals surface area contributed by atoms with Gasteiger partial charge in [-0.15, -0.1) is 0 Å². The number of aldehydes is 1. The lowest BCUT2D eigenvalue weighted by atomic mass is 9.94. The molecule has 0 N–H and O–H groups in total. The third kappa shape index (κ3) is 3.27. The first-order chi connectivity index (χ1) is 9.80. The SMILES string of the molecule is CCCCc1ccc2c(CCCC)c(C=O)ccc2c1. The van der Waals surface area contributed by atoms with Gasteiger partial charge in [-0.05, 0) is 47.6 Å². The second-order valence-electron chi connectivity index (χ2n) is 5.51. The Morgan fingerprint density at radius 2 is 1.70 bits per heavy atom. The second kappa shape index (κ2) is 7.23. The largest absolute Gasteiger partial charge is 0.298 e. The van der Waals surface area contributed by atoms with Crippen molar-refractivity contribution in [1.29, 1.82) is 0 Å². The molecule has 0 saturated carbocycles. The summed E-state index contributed by atoms with van der Waals surface area (Å²) in [6.07, 6.45) is 7.89. The van der Waals surface area contributed by atoms with E-state index < -0.39 is 0 Å². The van der Waals surface area contributed by atoms with Crippen LogP contribution in [0.2, 0.25) is 0 Å². The smallest absolute Gasteiger partial charge is 0.150 e. The van der Waals surface area contributed by atoms with Crippen molar-refractivity contribution in [3.63, 3.8) is 0 Å². The van der Waals surface area contributed by atoms with E-state index >= 15 is 0 Å². The van der Waals surface area contributed by atoms with Crippen LogP contribution in [0, 0.1) is 0 Å². The molecule has 0 radical (unpaired) electrons. The summed E-state index contributed by atoms with van der Waals surface area (Å²) in [4.78, 5) is 11.2. The number of carbonyl (C=O) groups excluding carboxylic acids is 1. The Bertz CT molecular complexity index is 584. The van der Waals surface area contributed by atoms with Gasteiger partial charge in [0, 0.05) is 5.56 Å². The quantitative estimate of drug-likeness (QED) is 0.620. The van der Waals surface area contributed by atoms with E-state index in [4.69, 9.17) is 0 Å². The highest BCUT2D eigenvalue weighted by molar-refractivity contribution is 5.93. The maximum absolute atomic E-state index is 11.2. The molecule has 106 valence electrons. The minimum Gasteiger partial charge on any atom is -0.298 e. The standard InChI is InChI=1S/C19H24O/c1-3-5-7-15-9-12-19-16(13-15)10-11-17(14-20)18(19)8-6-4-2/h9-14H,3-8H2,1-2H3. The van der Waals surface area contributed by atoms with Crippen LogP contribution >= 0.6 is 0 Å². The van der Waals surface area contributed by atoms with Crippen LogP contribution in [0.3, 0.4) is 0 Å². The number of fused-ring (bicyclic) bond motifs is 1. The summed E-state index contributed by atoms with van der Waals surface area (Å²) in [6.45, 7) is 4.41. The highest BCUT2D eigenvalue weighted by Gasteiger charge is 2.07. The molecule has 0 spiro atoms. The highest BCUT2D eigenvalue weighted by Crippen LogP contribution is 2.25. The monoisotopic (exact) mass is 268 g/mol. The predicted molar refractivity (Wildman–Crippen MR) is 86.6 cm³/mol. The Balaban J connectivity index is 2.42. The molecule has 20 heavy (non-hydrogen) atoms. The molecule has 0 aliphatic carbocycles. The third-order valence-electron chi connectivity index (χ3n) is 3.96. The first kappa shape index (κ1) is 14.8. The van der Waals surface area contributed by atoms with E-state index in [2.05, 4.69) is 38.1 Å². The fraction of sp³-hybridized carbons (Fsp3) is 0.421. The second-order valence-corrected chi connectivity index (χ2v) is 5.51. The van der Waals surface area contributed by atoms with E-state index in [1.54, 1.807) is 0 Å². The average molecular weight is 268 g/mol. The molecule has 0 aliphatic rings. The average Bonchev–Trinajstić information content (AvgIpc) is 2.50. The van der Waals surface area contributed by atoms with Crippen molar-refractivity contribution in [1.82, 2.24) is 0 Å². The van der Waals surface area contributed by atoms with Gasteiger partial charge in [0.2, 0.25) is 0 Å². The zero-order chi connectivity index (χ0) is 14.4. The van der Waals surface area contributed by atoms with Crippen LogP contribution in [0.5, 0.6) is 0 Å². The van der Waals surface area contributed by atoms with Crippen LogP contribution in [0.1, 0.15) is 61.0 Å². The molecule has 1 heteroatoms. The number of hydrogen-bond donors (Lipinski definition) is 0. The van der Waals surface area contributed by atoms with Crippen molar-refractivity contribution in [2.24, 2.45) is 0 Å². The van der Waals surface area contributed by atoms with E-state index in [-0.39, 0.29) is 0 Å². The molecule has 0 unspecified atom stereocenters. The Kier molecular flexibility index (Phi) is 5.34. The van der Waals surface area contributed by atoms with Crippen molar-refractivity contribution >= 4 is 17.1 Å². The number of rotatable bonds is 7. The molecule has 0 aliphatic heterocycles. The topological polar surface area (TPSA) is 17.1 Å². The van der Waals surface area contributed by atoms with E-state index in [9.17, 15) is 4.79 Å². The molecule has 0 fully saturated rings. The van der Waals surface area contributed by atoms with Crippen molar-refractivity contribution < 1.29 is 4.79 Å². The molecular formula is C19H24O. The molecular weight excluding hydrogens is 244 g/mol. The molecule has 0 aromatic heterocycles. The van der Waals surface area contributed by atoms with Crippen LogP contribution in [-0.4, -0.2) is 6.29 Å². The minimum absolute atomic E-state index is 0.854. The Morgan fingerprint density at radius 1 is 0.950 bits per heavy atom. The number of carbonyl (C=O) groups is 1. The number of benzene rings is 2. The lowest BCUT2D eigenvalue weighted by Crippen LogP contribution is -1.96. The molecule has 0 amide bonds. The van der Waals surface area contributed by atoms with Gasteiger partial charge in [0.1, 0.15) is 6.29 Å². The molecule has 0 heterocycles. The zero-order valence-corrected chi connectivity index (χ0v) is 12.6. The Labute approximate surface area is 122 Å². The summed E-state index contributed by atoms with van der Waals surface area (Å²) >= 11 is 0. The molecule has 0 atom stereocenters. The number of aryl methyl sites for hydroxylation is 2. The summed E-state index contributed by atoms with van der Waals surface area (Å²) in [5.41, 5.74) is 3.48. The van der Waals surface area contributed by atoms with E-state index in [0.29, 0.717) is 0 Å². The van der Waals surface area contributed by atoms with Crippen LogP contribution in [0.25, 0.3) is 10.8 Å². The van der Waals surface area contributed by atoms with Gasteiger partial charge in [-0.25, -0.2) is 0 Å². The van der Waals surface area contributed by atoms with Gasteiger partial charge in [0.25, 0.3) is 0 Å². The van der Waals surface area contributed by atoms with E-state index in [1.165, 1.54) is 34.7 Å². The number of unbranched alkanes of at least 4 members (excludes halogenated alkanes) is 2. The van der Waals surface area contributed by atoms with Gasteiger partial charge in [0.15, 0.2) is 0 Å². The summed E-state index contributed by atoms with van der Waals surface area (Å²) < 4.78 is 0. The Hall–Kier alpha value is -1.63. The summed E-state index contributed by atoms with van der Waals surface area (Å²) in [6, 6.07) is 10.8. The van der Waals surface area contributed by atoms with Crippen molar-refractivity contribution in [3.05, 3.63) is 47.0 Å². The lowest BCUT2D eigenvalue weighted by molar-refractivity contribution is 0.112. The van der Waals surface area contributed by atoms with Crippen LogP contribution in [0.15, 0.2) is 30.3 Å². The summed E-state index contributed by atoms with van der Waals surface area (Å²) in [7, 11) is 0. The molecule has 2 rings (SSSR count). The maximum atomic E-state index is 11.2. The van der Waals surface area contributed by atoms with Crippen molar-refractivity contribution in [3.8, 4) is 0 Å². The van der Waals surface area contributed by atoms with Gasteiger partial charge in [-0.3, -0.25) is 4.79 Å². The highest BCUT2D eigenvalue weighted by atomic mass is 16.1. The normalized spacial score (nSPS) is 10.9. The van der Waals surface area contributed by atoms with Gasteiger partial charge in [-0.1, -0.05) is 57.0 Å². The minimum atomic E-state index is 0.854. The lowest BCUT2D eigenvalue weighted by Gasteiger charge is -2.11. The first-order valence-corrected chi connectivity index (χ1v) is 7.79. The molecule has 2 aromatic rings. The first-order valence-electron chi connectivity index (χ1n) is 7.79.